The first-order valence-corrected chi connectivity index (χ1v) is 13.1. The van der Waals surface area contributed by atoms with Crippen molar-refractivity contribution in [2.45, 2.75) is 58.0 Å². The fourth-order valence-corrected chi connectivity index (χ4v) is 4.39. The number of nitrogens with one attached hydrogen (secondary N) is 3. The van der Waals surface area contributed by atoms with E-state index in [-0.39, 0.29) is 18.5 Å². The molecule has 0 amide bonds. The molecule has 1 saturated heterocycles. The van der Waals surface area contributed by atoms with Crippen molar-refractivity contribution in [1.82, 2.24) is 20.3 Å². The summed E-state index contributed by atoms with van der Waals surface area (Å²) in [7, 11) is 1.70. The molecule has 2 aromatic rings. The summed E-state index contributed by atoms with van der Waals surface area (Å²) < 4.78 is 16.3. The van der Waals surface area contributed by atoms with Crippen molar-refractivity contribution in [2.24, 2.45) is 5.41 Å². The second kappa shape index (κ2) is 14.3. The van der Waals surface area contributed by atoms with Crippen molar-refractivity contribution >= 4 is 17.4 Å². The number of aromatic amines is 1. The van der Waals surface area contributed by atoms with E-state index >= 15 is 0 Å². The summed E-state index contributed by atoms with van der Waals surface area (Å²) in [6, 6.07) is 4.71. The summed E-state index contributed by atoms with van der Waals surface area (Å²) in [4.78, 5) is 23.9. The Bertz CT molecular complexity index is 1100. The van der Waals surface area contributed by atoms with Gasteiger partial charge in [-0.1, -0.05) is 18.5 Å². The number of nitriles is 1. The van der Waals surface area contributed by atoms with Crippen LogP contribution in [0, 0.1) is 16.7 Å². The SMILES string of the molecule is CCC(CCCNC(C)COC)Nc1cc(-c2c[nH]c(=O)c(OCC3(C#N)CCOCC3)n2)c(Cl)cn1. The molecule has 0 aromatic carbocycles. The molecular weight excluding hydrogens is 496 g/mol. The first-order chi connectivity index (χ1) is 17.9. The number of rotatable bonds is 14. The zero-order valence-corrected chi connectivity index (χ0v) is 22.6. The smallest absolute Gasteiger partial charge is 0.310 e. The molecule has 11 heteroatoms. The molecule has 37 heavy (non-hydrogen) atoms. The van der Waals surface area contributed by atoms with Gasteiger partial charge in [-0.25, -0.2) is 9.97 Å². The summed E-state index contributed by atoms with van der Waals surface area (Å²) in [5, 5.41) is 17.0. The van der Waals surface area contributed by atoms with Crippen molar-refractivity contribution < 1.29 is 14.2 Å². The Hall–Kier alpha value is -2.71. The highest BCUT2D eigenvalue weighted by Gasteiger charge is 2.34. The number of methoxy groups -OCH3 is 1. The molecule has 3 rings (SSSR count). The van der Waals surface area contributed by atoms with Gasteiger partial charge in [0.05, 0.1) is 28.8 Å². The standard InChI is InChI=1S/C26H37ClN6O4/c1-4-19(6-5-9-29-18(2)15-35-3)32-23-12-20(21(27)13-30-23)22-14-31-24(34)25(33-22)37-17-26(16-28)7-10-36-11-8-26/h12-14,18-19,29H,4-11,15,17H2,1-3H3,(H,30,32)(H,31,34). The maximum atomic E-state index is 12.4. The molecule has 3 N–H and O–H groups in total. The predicted octanol–water partition coefficient (Wildman–Crippen LogP) is 3.78. The highest BCUT2D eigenvalue weighted by atomic mass is 35.5. The maximum absolute atomic E-state index is 12.4. The minimum atomic E-state index is -0.694. The number of aromatic nitrogens is 3. The molecule has 1 aliphatic rings. The van der Waals surface area contributed by atoms with E-state index in [9.17, 15) is 10.1 Å². The zero-order chi connectivity index (χ0) is 26.7. The van der Waals surface area contributed by atoms with E-state index in [0.29, 0.717) is 60.8 Å². The number of pyridine rings is 1. The number of H-pyrrole nitrogens is 1. The van der Waals surface area contributed by atoms with Crippen LogP contribution in [0.5, 0.6) is 5.88 Å². The molecule has 1 aliphatic heterocycles. The first-order valence-electron chi connectivity index (χ1n) is 12.8. The Morgan fingerprint density at radius 3 is 2.86 bits per heavy atom. The molecule has 0 saturated carbocycles. The summed E-state index contributed by atoms with van der Waals surface area (Å²) in [5.74, 6) is 0.579. The lowest BCUT2D eigenvalue weighted by Crippen LogP contribution is -2.34. The average Bonchev–Trinajstić information content (AvgIpc) is 2.91. The second-order valence-corrected chi connectivity index (χ2v) is 9.87. The molecule has 2 aromatic heterocycles. The Labute approximate surface area is 223 Å². The minimum absolute atomic E-state index is 0.0700. The molecule has 10 nitrogen and oxygen atoms in total. The highest BCUT2D eigenvalue weighted by molar-refractivity contribution is 6.33. The Balaban J connectivity index is 1.67. The van der Waals surface area contributed by atoms with Crippen LogP contribution in [0.1, 0.15) is 46.0 Å². The third-order valence-corrected chi connectivity index (χ3v) is 6.84. The summed E-state index contributed by atoms with van der Waals surface area (Å²) in [6.45, 7) is 6.89. The van der Waals surface area contributed by atoms with Gasteiger partial charge < -0.3 is 29.8 Å². The van der Waals surface area contributed by atoms with Crippen molar-refractivity contribution in [3.8, 4) is 23.2 Å². The largest absolute Gasteiger partial charge is 0.472 e. The number of anilines is 1. The molecule has 2 atom stereocenters. The van der Waals surface area contributed by atoms with Gasteiger partial charge in [0.1, 0.15) is 12.4 Å². The molecule has 3 heterocycles. The molecule has 1 fully saturated rings. The van der Waals surface area contributed by atoms with Gasteiger partial charge in [0.25, 0.3) is 5.88 Å². The van der Waals surface area contributed by atoms with Gasteiger partial charge in [-0.3, -0.25) is 4.79 Å². The molecule has 0 radical (unpaired) electrons. The summed E-state index contributed by atoms with van der Waals surface area (Å²) in [5.41, 5.74) is -0.0918. The van der Waals surface area contributed by atoms with E-state index in [0.717, 1.165) is 25.8 Å². The third-order valence-electron chi connectivity index (χ3n) is 6.54. The summed E-state index contributed by atoms with van der Waals surface area (Å²) in [6.07, 6.45) is 7.09. The average molecular weight is 533 g/mol. The van der Waals surface area contributed by atoms with E-state index in [4.69, 9.17) is 25.8 Å². The molecule has 0 spiro atoms. The zero-order valence-electron chi connectivity index (χ0n) is 21.8. The summed E-state index contributed by atoms with van der Waals surface area (Å²) >= 11 is 6.46. The van der Waals surface area contributed by atoms with E-state index in [1.165, 1.54) is 6.20 Å². The highest BCUT2D eigenvalue weighted by Crippen LogP contribution is 2.31. The van der Waals surface area contributed by atoms with Gasteiger partial charge in [0.2, 0.25) is 0 Å². The fraction of sp³-hybridized carbons (Fsp3) is 0.615. The monoisotopic (exact) mass is 532 g/mol. The van der Waals surface area contributed by atoms with Gasteiger partial charge >= 0.3 is 5.56 Å². The molecule has 2 unspecified atom stereocenters. The van der Waals surface area contributed by atoms with Crippen molar-refractivity contribution in [2.75, 3.05) is 45.4 Å². The van der Waals surface area contributed by atoms with Crippen LogP contribution in [0.3, 0.4) is 0 Å². The number of nitrogens with zero attached hydrogens (tertiary/aromatic N) is 3. The van der Waals surface area contributed by atoms with Gasteiger partial charge in [0, 0.05) is 50.4 Å². The Morgan fingerprint density at radius 1 is 1.38 bits per heavy atom. The number of ether oxygens (including phenoxy) is 3. The quantitative estimate of drug-likeness (QED) is 0.311. The van der Waals surface area contributed by atoms with Crippen LogP contribution in [0.25, 0.3) is 11.3 Å². The van der Waals surface area contributed by atoms with Gasteiger partial charge in [0.15, 0.2) is 0 Å². The first kappa shape index (κ1) is 28.9. The number of hydrogen-bond acceptors (Lipinski definition) is 9. The molecule has 202 valence electrons. The fourth-order valence-electron chi connectivity index (χ4n) is 4.19. The van der Waals surface area contributed by atoms with Crippen molar-refractivity contribution in [3.63, 3.8) is 0 Å². The van der Waals surface area contributed by atoms with Gasteiger partial charge in [-0.2, -0.15) is 5.26 Å². The lowest BCUT2D eigenvalue weighted by atomic mass is 9.83. The van der Waals surface area contributed by atoms with Gasteiger partial charge in [-0.05, 0) is 51.6 Å². The van der Waals surface area contributed by atoms with Crippen LogP contribution in [-0.4, -0.2) is 67.1 Å². The number of halogens is 1. The van der Waals surface area contributed by atoms with Crippen molar-refractivity contribution in [1.29, 1.82) is 5.26 Å². The molecule has 0 aliphatic carbocycles. The van der Waals surface area contributed by atoms with Gasteiger partial charge in [-0.15, -0.1) is 0 Å². The lowest BCUT2D eigenvalue weighted by Gasteiger charge is -2.29. The van der Waals surface area contributed by atoms with E-state index in [1.807, 2.05) is 6.07 Å². The van der Waals surface area contributed by atoms with Crippen LogP contribution >= 0.6 is 11.6 Å². The van der Waals surface area contributed by atoms with Crippen LogP contribution in [-0.2, 0) is 9.47 Å². The topological polar surface area (TPSA) is 134 Å². The van der Waals surface area contributed by atoms with Crippen LogP contribution in [0.15, 0.2) is 23.3 Å². The second-order valence-electron chi connectivity index (χ2n) is 9.46. The minimum Gasteiger partial charge on any atom is -0.472 e. The van der Waals surface area contributed by atoms with Crippen molar-refractivity contribution in [3.05, 3.63) is 33.8 Å². The van der Waals surface area contributed by atoms with E-state index in [2.05, 4.69) is 45.5 Å². The van der Waals surface area contributed by atoms with Crippen LogP contribution in [0.2, 0.25) is 5.02 Å². The normalized spacial score (nSPS) is 16.5. The maximum Gasteiger partial charge on any atom is 0.310 e. The Morgan fingerprint density at radius 2 is 2.16 bits per heavy atom. The van der Waals surface area contributed by atoms with E-state index in [1.54, 1.807) is 13.3 Å². The number of hydrogen-bond donors (Lipinski definition) is 3. The third kappa shape index (κ3) is 8.40. The van der Waals surface area contributed by atoms with Crippen LogP contribution in [0.4, 0.5) is 5.82 Å². The van der Waals surface area contributed by atoms with E-state index < -0.39 is 11.0 Å². The predicted molar refractivity (Wildman–Crippen MR) is 143 cm³/mol. The molecular formula is C26H37ClN6O4. The lowest BCUT2D eigenvalue weighted by molar-refractivity contribution is 0.0180. The van der Waals surface area contributed by atoms with Crippen LogP contribution < -0.4 is 20.9 Å². The molecule has 0 bridgehead atoms. The Kier molecular flexibility index (Phi) is 11.1.